The van der Waals surface area contributed by atoms with Gasteiger partial charge in [0.25, 0.3) is 11.8 Å². The highest BCUT2D eigenvalue weighted by Gasteiger charge is 2.50. The first-order valence-electron chi connectivity index (χ1n) is 15.7. The quantitative estimate of drug-likeness (QED) is 0.295. The summed E-state index contributed by atoms with van der Waals surface area (Å²) < 4.78 is 20.5. The van der Waals surface area contributed by atoms with Crippen molar-refractivity contribution < 1.29 is 13.9 Å². The molecule has 10 heteroatoms. The van der Waals surface area contributed by atoms with E-state index in [0.717, 1.165) is 45.7 Å². The van der Waals surface area contributed by atoms with Crippen LogP contribution < -0.4 is 9.64 Å². The number of carbonyl (C=O) groups excluding carboxylic acids is 1. The fraction of sp³-hybridized carbons (Fsp3) is 0.688. The molecule has 0 N–H and O–H groups in total. The van der Waals surface area contributed by atoms with Crippen LogP contribution in [-0.2, 0) is 0 Å². The number of amides is 1. The van der Waals surface area contributed by atoms with Gasteiger partial charge in [0.05, 0.1) is 5.56 Å². The van der Waals surface area contributed by atoms with E-state index in [1.165, 1.54) is 43.8 Å². The Morgan fingerprint density at radius 1 is 1.14 bits per heavy atom. The lowest BCUT2D eigenvalue weighted by atomic mass is 9.76. The lowest BCUT2D eigenvalue weighted by molar-refractivity contribution is -0.0344. The minimum Gasteiger partial charge on any atom is -0.434 e. The van der Waals surface area contributed by atoms with E-state index in [9.17, 15) is 9.18 Å². The Labute approximate surface area is 251 Å². The number of carbonyl (C=O) groups is 1. The number of halogens is 1. The molecule has 1 atom stereocenters. The number of likely N-dealkylation sites (tertiary alicyclic amines) is 1. The lowest BCUT2D eigenvalue weighted by Gasteiger charge is -2.53. The van der Waals surface area contributed by atoms with Crippen molar-refractivity contribution in [1.82, 2.24) is 29.9 Å². The average Bonchev–Trinajstić information content (AvgIpc) is 3.37. The SMILES string of the molecule is CCCN(C)CCC[C@H](C(C)C)N1CC2(CCN(c3ncnnc3Oc3ccc(F)cc3C(=O)N(CC)C(C)C)C2)C1. The maximum absolute atomic E-state index is 14.3. The van der Waals surface area contributed by atoms with Gasteiger partial charge in [-0.2, -0.15) is 0 Å². The maximum Gasteiger partial charge on any atom is 0.282 e. The van der Waals surface area contributed by atoms with Crippen molar-refractivity contribution in [2.45, 2.75) is 79.3 Å². The number of benzene rings is 1. The van der Waals surface area contributed by atoms with Crippen LogP contribution in [0.15, 0.2) is 24.5 Å². The van der Waals surface area contributed by atoms with Crippen LogP contribution in [0.2, 0.25) is 0 Å². The van der Waals surface area contributed by atoms with E-state index in [4.69, 9.17) is 4.74 Å². The van der Waals surface area contributed by atoms with Crippen molar-refractivity contribution >= 4 is 11.7 Å². The van der Waals surface area contributed by atoms with Gasteiger partial charge in [0.2, 0.25) is 0 Å². The molecular weight excluding hydrogens is 533 g/mol. The second kappa shape index (κ2) is 14.1. The molecular formula is C32H50FN7O2. The van der Waals surface area contributed by atoms with Gasteiger partial charge < -0.3 is 19.4 Å². The first-order chi connectivity index (χ1) is 20.1. The normalized spacial score (nSPS) is 17.4. The molecule has 1 aromatic heterocycles. The van der Waals surface area contributed by atoms with E-state index in [1.54, 1.807) is 4.90 Å². The number of nitrogens with zero attached hydrogens (tertiary/aromatic N) is 7. The Morgan fingerprint density at radius 3 is 2.57 bits per heavy atom. The third-order valence-electron chi connectivity index (χ3n) is 8.87. The molecule has 0 unspecified atom stereocenters. The van der Waals surface area contributed by atoms with Crippen LogP contribution in [0.5, 0.6) is 11.6 Å². The molecule has 2 saturated heterocycles. The van der Waals surface area contributed by atoms with Crippen molar-refractivity contribution in [2.24, 2.45) is 11.3 Å². The first kappa shape index (κ1) is 32.1. The van der Waals surface area contributed by atoms with Crippen LogP contribution in [0.4, 0.5) is 10.2 Å². The van der Waals surface area contributed by atoms with E-state index in [1.807, 2.05) is 20.8 Å². The minimum atomic E-state index is -0.494. The van der Waals surface area contributed by atoms with Crippen LogP contribution >= 0.6 is 0 Å². The van der Waals surface area contributed by atoms with Crippen LogP contribution in [0.3, 0.4) is 0 Å². The second-order valence-electron chi connectivity index (χ2n) is 12.8. The summed E-state index contributed by atoms with van der Waals surface area (Å²) in [6.45, 7) is 19.4. The molecule has 2 fully saturated rings. The highest BCUT2D eigenvalue weighted by Crippen LogP contribution is 2.44. The predicted octanol–water partition coefficient (Wildman–Crippen LogP) is 5.33. The molecule has 0 radical (unpaired) electrons. The maximum atomic E-state index is 14.3. The molecule has 1 spiro atoms. The molecule has 9 nitrogen and oxygen atoms in total. The molecule has 2 aliphatic heterocycles. The molecule has 2 aliphatic rings. The summed E-state index contributed by atoms with van der Waals surface area (Å²) >= 11 is 0. The Balaban J connectivity index is 1.44. The molecule has 0 bridgehead atoms. The summed E-state index contributed by atoms with van der Waals surface area (Å²) in [7, 11) is 2.22. The number of rotatable bonds is 14. The summed E-state index contributed by atoms with van der Waals surface area (Å²) in [5, 5.41) is 8.22. The van der Waals surface area contributed by atoms with Crippen molar-refractivity contribution in [3.8, 4) is 11.6 Å². The Kier molecular flexibility index (Phi) is 10.8. The van der Waals surface area contributed by atoms with Crippen LogP contribution in [-0.4, -0.2) is 101 Å². The third kappa shape index (κ3) is 7.37. The Morgan fingerprint density at radius 2 is 1.90 bits per heavy atom. The standard InChI is InChI=1S/C32H50FN7O2/c1-8-15-37(7)16-10-11-27(23(3)4)39-20-32(21-39)14-17-38(19-32)29-30(36-35-22-34-29)42-28-13-12-25(33)18-26(28)31(41)40(9-2)24(5)6/h12-13,18,22-24,27H,8-11,14-17,19-21H2,1-7H3/t27-/m1/s1. The lowest BCUT2D eigenvalue weighted by Crippen LogP contribution is -2.62. The largest absolute Gasteiger partial charge is 0.434 e. The van der Waals surface area contributed by atoms with E-state index in [-0.39, 0.29) is 34.6 Å². The van der Waals surface area contributed by atoms with E-state index in [0.29, 0.717) is 24.3 Å². The van der Waals surface area contributed by atoms with Gasteiger partial charge in [-0.15, -0.1) is 10.2 Å². The molecule has 4 rings (SSSR count). The van der Waals surface area contributed by atoms with Crippen molar-refractivity contribution in [3.05, 3.63) is 35.9 Å². The fourth-order valence-electron chi connectivity index (χ4n) is 6.73. The molecule has 1 amide bonds. The summed E-state index contributed by atoms with van der Waals surface area (Å²) in [6.07, 6.45) is 6.16. The van der Waals surface area contributed by atoms with Gasteiger partial charge in [-0.3, -0.25) is 9.69 Å². The third-order valence-corrected chi connectivity index (χ3v) is 8.87. The van der Waals surface area contributed by atoms with E-state index >= 15 is 0 Å². The first-order valence-corrected chi connectivity index (χ1v) is 15.7. The van der Waals surface area contributed by atoms with Gasteiger partial charge in [-0.25, -0.2) is 9.37 Å². The van der Waals surface area contributed by atoms with Crippen molar-refractivity contribution in [2.75, 3.05) is 57.8 Å². The number of hydrogen-bond acceptors (Lipinski definition) is 8. The molecule has 2 aromatic rings. The Hall–Kier alpha value is -2.85. The highest BCUT2D eigenvalue weighted by molar-refractivity contribution is 5.97. The molecule has 0 saturated carbocycles. The highest BCUT2D eigenvalue weighted by atomic mass is 19.1. The Bertz CT molecular complexity index is 1190. The van der Waals surface area contributed by atoms with E-state index in [2.05, 4.69) is 57.7 Å². The average molecular weight is 584 g/mol. The van der Waals surface area contributed by atoms with Gasteiger partial charge in [-0.05, 0) is 90.7 Å². The number of hydrogen-bond donors (Lipinski definition) is 0. The molecule has 42 heavy (non-hydrogen) atoms. The molecule has 0 aliphatic carbocycles. The monoisotopic (exact) mass is 583 g/mol. The van der Waals surface area contributed by atoms with Crippen LogP contribution in [0.1, 0.15) is 77.6 Å². The van der Waals surface area contributed by atoms with Crippen LogP contribution in [0.25, 0.3) is 0 Å². The zero-order valence-electron chi connectivity index (χ0n) is 26.6. The number of anilines is 1. The van der Waals surface area contributed by atoms with Crippen LogP contribution in [0, 0.1) is 17.2 Å². The van der Waals surface area contributed by atoms with Gasteiger partial charge in [0.15, 0.2) is 5.82 Å². The molecule has 232 valence electrons. The van der Waals surface area contributed by atoms with Gasteiger partial charge in [0.1, 0.15) is 17.9 Å². The van der Waals surface area contributed by atoms with Crippen molar-refractivity contribution in [3.63, 3.8) is 0 Å². The smallest absolute Gasteiger partial charge is 0.282 e. The molecule has 3 heterocycles. The fourth-order valence-corrected chi connectivity index (χ4v) is 6.73. The molecule has 1 aromatic carbocycles. The predicted molar refractivity (Wildman–Crippen MR) is 165 cm³/mol. The van der Waals surface area contributed by atoms with Gasteiger partial charge in [0, 0.05) is 50.2 Å². The number of aromatic nitrogens is 3. The van der Waals surface area contributed by atoms with Gasteiger partial charge in [-0.1, -0.05) is 20.8 Å². The zero-order chi connectivity index (χ0) is 30.4. The van der Waals surface area contributed by atoms with E-state index < -0.39 is 5.82 Å². The second-order valence-corrected chi connectivity index (χ2v) is 12.8. The topological polar surface area (TPSA) is 77.9 Å². The number of ether oxygens (including phenoxy) is 1. The summed E-state index contributed by atoms with van der Waals surface area (Å²) in [5.41, 5.74) is 0.389. The minimum absolute atomic E-state index is 0.0344. The van der Waals surface area contributed by atoms with Crippen molar-refractivity contribution in [1.29, 1.82) is 0 Å². The van der Waals surface area contributed by atoms with Gasteiger partial charge >= 0.3 is 0 Å². The summed E-state index contributed by atoms with van der Waals surface area (Å²) in [6, 6.07) is 4.57. The summed E-state index contributed by atoms with van der Waals surface area (Å²) in [5.74, 6) is 0.929. The zero-order valence-corrected chi connectivity index (χ0v) is 26.6. The summed E-state index contributed by atoms with van der Waals surface area (Å²) in [4.78, 5) is 26.9.